The number of thioether (sulfide) groups is 1. The van der Waals surface area contributed by atoms with Gasteiger partial charge in [-0.05, 0) is 17.4 Å². The summed E-state index contributed by atoms with van der Waals surface area (Å²) in [5.74, 6) is 1.02. The monoisotopic (exact) mass is 169 g/mol. The predicted molar refractivity (Wildman–Crippen MR) is 50.1 cm³/mol. The molecule has 2 rings (SSSR count). The second kappa shape index (κ2) is 2.44. The Morgan fingerprint density at radius 3 is 3.30 bits per heavy atom. The summed E-state index contributed by atoms with van der Waals surface area (Å²) in [7, 11) is 2.70. The smallest absolute Gasteiger partial charge is 0.0658 e. The number of hydrogen-bond donors (Lipinski definition) is 1. The molecule has 1 nitrogen and oxygen atoms in total. The first-order valence-electron chi connectivity index (χ1n) is 3.12. The third kappa shape index (κ3) is 1.02. The molecule has 0 spiro atoms. The normalized spacial score (nSPS) is 14.5. The molecular formula is C7H8NPS. The van der Waals surface area contributed by atoms with Gasteiger partial charge in [-0.3, -0.25) is 0 Å². The van der Waals surface area contributed by atoms with E-state index in [9.17, 15) is 0 Å². The van der Waals surface area contributed by atoms with Crippen LogP contribution in [0.1, 0.15) is 0 Å². The van der Waals surface area contributed by atoms with Crippen molar-refractivity contribution in [1.82, 2.24) is 0 Å². The molecular weight excluding hydrogens is 161 g/mol. The summed E-state index contributed by atoms with van der Waals surface area (Å²) in [5, 5.41) is 4.54. The molecule has 1 atom stereocenters. The van der Waals surface area contributed by atoms with Crippen molar-refractivity contribution in [3.05, 3.63) is 18.2 Å². The van der Waals surface area contributed by atoms with Gasteiger partial charge in [0, 0.05) is 10.6 Å². The third-order valence-corrected chi connectivity index (χ3v) is 2.79. The van der Waals surface area contributed by atoms with E-state index in [-0.39, 0.29) is 0 Å². The second-order valence-corrected chi connectivity index (χ2v) is 3.90. The van der Waals surface area contributed by atoms with Crippen LogP contribution in [-0.2, 0) is 0 Å². The lowest BCUT2D eigenvalue weighted by Gasteiger charge is -1.97. The maximum absolute atomic E-state index is 3.28. The molecule has 1 aromatic rings. The second-order valence-electron chi connectivity index (χ2n) is 2.22. The summed E-state index contributed by atoms with van der Waals surface area (Å²) >= 11 is 1.86. The molecule has 1 aromatic carbocycles. The minimum absolute atomic E-state index is 1.02. The van der Waals surface area contributed by atoms with Gasteiger partial charge >= 0.3 is 0 Å². The lowest BCUT2D eigenvalue weighted by atomic mass is 10.3. The fraction of sp³-hybridized carbons (Fsp3) is 0.143. The van der Waals surface area contributed by atoms with Crippen molar-refractivity contribution in [2.24, 2.45) is 0 Å². The van der Waals surface area contributed by atoms with E-state index >= 15 is 0 Å². The highest BCUT2D eigenvalue weighted by atomic mass is 32.2. The Hall–Kier alpha value is -0.200. The molecule has 0 amide bonds. The average molecular weight is 169 g/mol. The lowest BCUT2D eigenvalue weighted by Crippen LogP contribution is -1.91. The molecule has 1 unspecified atom stereocenters. The van der Waals surface area contributed by atoms with Crippen LogP contribution in [0, 0.1) is 0 Å². The summed E-state index contributed by atoms with van der Waals surface area (Å²) in [6.07, 6.45) is 0. The molecule has 0 saturated heterocycles. The first-order valence-corrected chi connectivity index (χ1v) is 4.69. The lowest BCUT2D eigenvalue weighted by molar-refractivity contribution is 1.44. The van der Waals surface area contributed by atoms with Gasteiger partial charge in [0.25, 0.3) is 0 Å². The topological polar surface area (TPSA) is 12.0 Å². The van der Waals surface area contributed by atoms with Crippen LogP contribution in [0.3, 0.4) is 0 Å². The molecule has 3 heteroatoms. The van der Waals surface area contributed by atoms with E-state index in [1.54, 1.807) is 0 Å². The van der Waals surface area contributed by atoms with Crippen molar-refractivity contribution in [1.29, 1.82) is 0 Å². The molecule has 10 heavy (non-hydrogen) atoms. The molecule has 0 aromatic heterocycles. The minimum Gasteiger partial charge on any atom is -0.375 e. The van der Waals surface area contributed by atoms with Gasteiger partial charge in [-0.15, -0.1) is 21.0 Å². The van der Waals surface area contributed by atoms with Gasteiger partial charge in [-0.25, -0.2) is 0 Å². The van der Waals surface area contributed by atoms with Gasteiger partial charge in [-0.1, -0.05) is 6.07 Å². The number of benzene rings is 1. The van der Waals surface area contributed by atoms with Gasteiger partial charge in [-0.2, -0.15) is 0 Å². The van der Waals surface area contributed by atoms with E-state index in [0.29, 0.717) is 0 Å². The zero-order chi connectivity index (χ0) is 6.97. The highest BCUT2D eigenvalue weighted by Gasteiger charge is 2.08. The number of fused-ring (bicyclic) bond motifs is 1. The van der Waals surface area contributed by atoms with Crippen LogP contribution in [0.2, 0.25) is 0 Å². The van der Waals surface area contributed by atoms with E-state index in [0.717, 1.165) is 5.88 Å². The first kappa shape index (κ1) is 6.51. The Labute approximate surface area is 66.8 Å². The summed E-state index contributed by atoms with van der Waals surface area (Å²) < 4.78 is 0. The van der Waals surface area contributed by atoms with Crippen LogP contribution >= 0.6 is 21.0 Å². The Morgan fingerprint density at radius 1 is 1.50 bits per heavy atom. The van der Waals surface area contributed by atoms with Crippen LogP contribution in [0.15, 0.2) is 23.1 Å². The summed E-state index contributed by atoms with van der Waals surface area (Å²) in [6, 6.07) is 6.41. The van der Waals surface area contributed by atoms with Crippen molar-refractivity contribution in [2.45, 2.75) is 4.90 Å². The maximum atomic E-state index is 3.28. The van der Waals surface area contributed by atoms with Gasteiger partial charge in [0.1, 0.15) is 0 Å². The fourth-order valence-corrected chi connectivity index (χ4v) is 2.28. The molecule has 0 saturated carbocycles. The Morgan fingerprint density at radius 2 is 2.40 bits per heavy atom. The van der Waals surface area contributed by atoms with E-state index in [2.05, 4.69) is 32.8 Å². The first-order chi connectivity index (χ1) is 4.86. The van der Waals surface area contributed by atoms with Crippen molar-refractivity contribution in [2.75, 3.05) is 11.2 Å². The van der Waals surface area contributed by atoms with Crippen molar-refractivity contribution >= 4 is 32.0 Å². The van der Waals surface area contributed by atoms with Crippen LogP contribution in [0.25, 0.3) is 0 Å². The summed E-state index contributed by atoms with van der Waals surface area (Å²) in [6.45, 7) is 0. The molecule has 1 aliphatic heterocycles. The van der Waals surface area contributed by atoms with E-state index in [4.69, 9.17) is 0 Å². The molecule has 1 N–H and O–H groups in total. The molecule has 52 valence electrons. The van der Waals surface area contributed by atoms with Crippen molar-refractivity contribution in [3.63, 3.8) is 0 Å². The summed E-state index contributed by atoms with van der Waals surface area (Å²) in [5.41, 5.74) is 1.27. The largest absolute Gasteiger partial charge is 0.375 e. The molecule has 1 heterocycles. The van der Waals surface area contributed by atoms with Crippen LogP contribution in [-0.4, -0.2) is 5.88 Å². The van der Waals surface area contributed by atoms with E-state index in [1.807, 2.05) is 11.8 Å². The molecule has 0 radical (unpaired) electrons. The standard InChI is InChI=1S/C7H8NPS/c9-5-1-2-6-7(3-5)10-4-8-6/h1-3,8H,4,9H2. The molecule has 0 aliphatic carbocycles. The minimum atomic E-state index is 1.02. The van der Waals surface area contributed by atoms with Gasteiger partial charge in [0.15, 0.2) is 0 Å². The van der Waals surface area contributed by atoms with Crippen LogP contribution in [0.4, 0.5) is 5.69 Å². The fourth-order valence-electron chi connectivity index (χ4n) is 0.996. The average Bonchev–Trinajstić information content (AvgIpc) is 2.33. The van der Waals surface area contributed by atoms with E-state index in [1.165, 1.54) is 15.9 Å². The highest BCUT2D eigenvalue weighted by molar-refractivity contribution is 7.99. The number of hydrogen-bond acceptors (Lipinski definition) is 2. The highest BCUT2D eigenvalue weighted by Crippen LogP contribution is 2.32. The Balaban J connectivity index is 2.52. The third-order valence-electron chi connectivity index (χ3n) is 1.50. The van der Waals surface area contributed by atoms with E-state index < -0.39 is 0 Å². The van der Waals surface area contributed by atoms with Crippen molar-refractivity contribution in [3.8, 4) is 0 Å². The maximum Gasteiger partial charge on any atom is 0.0658 e. The summed E-state index contributed by atoms with van der Waals surface area (Å²) in [4.78, 5) is 1.37. The quantitative estimate of drug-likeness (QED) is 0.593. The van der Waals surface area contributed by atoms with Gasteiger partial charge in [0.05, 0.1) is 5.88 Å². The van der Waals surface area contributed by atoms with Gasteiger partial charge in [0.2, 0.25) is 0 Å². The number of rotatable bonds is 0. The van der Waals surface area contributed by atoms with Gasteiger partial charge < -0.3 is 5.32 Å². The SMILES string of the molecule is Pc1ccc2c(c1)SCN2. The number of anilines is 1. The molecule has 0 bridgehead atoms. The van der Waals surface area contributed by atoms with Crippen LogP contribution in [0.5, 0.6) is 0 Å². The van der Waals surface area contributed by atoms with Crippen LogP contribution < -0.4 is 10.6 Å². The zero-order valence-corrected chi connectivity index (χ0v) is 7.40. The molecule has 0 fully saturated rings. The molecule has 1 aliphatic rings. The van der Waals surface area contributed by atoms with Crippen molar-refractivity contribution < 1.29 is 0 Å². The zero-order valence-electron chi connectivity index (χ0n) is 5.42. The predicted octanol–water partition coefficient (Wildman–Crippen LogP) is 1.66. The number of nitrogens with one attached hydrogen (secondary N) is 1. The Bertz CT molecular complexity index is 262. The Kier molecular flexibility index (Phi) is 1.59.